The van der Waals surface area contributed by atoms with E-state index in [0.717, 1.165) is 25.1 Å². The molecule has 1 saturated heterocycles. The van der Waals surface area contributed by atoms with Crippen molar-refractivity contribution in [2.75, 3.05) is 29.9 Å². The minimum absolute atomic E-state index is 0.269. The van der Waals surface area contributed by atoms with Crippen molar-refractivity contribution >= 4 is 23.2 Å². The van der Waals surface area contributed by atoms with Gasteiger partial charge in [-0.25, -0.2) is 0 Å². The summed E-state index contributed by atoms with van der Waals surface area (Å²) in [7, 11) is 0. The van der Waals surface area contributed by atoms with Crippen LogP contribution in [0.15, 0.2) is 54.6 Å². The van der Waals surface area contributed by atoms with Crippen molar-refractivity contribution in [3.8, 4) is 0 Å². The second kappa shape index (κ2) is 8.91. The van der Waals surface area contributed by atoms with Gasteiger partial charge in [0.15, 0.2) is 0 Å². The van der Waals surface area contributed by atoms with Crippen LogP contribution in [0.3, 0.4) is 0 Å². The van der Waals surface area contributed by atoms with E-state index in [1.165, 1.54) is 18.5 Å². The summed E-state index contributed by atoms with van der Waals surface area (Å²) in [5, 5.41) is 5.75. The third-order valence-corrected chi connectivity index (χ3v) is 5.27. The lowest BCUT2D eigenvalue weighted by atomic mass is 9.91. The quantitative estimate of drug-likeness (QED) is 0.723. The van der Waals surface area contributed by atoms with Gasteiger partial charge in [-0.3, -0.25) is 9.59 Å². The third kappa shape index (κ3) is 4.91. The monoisotopic (exact) mass is 379 g/mol. The first-order valence-electron chi connectivity index (χ1n) is 9.95. The highest BCUT2D eigenvalue weighted by molar-refractivity contribution is 6.09. The number of nitrogens with one attached hydrogen (secondary N) is 2. The molecule has 0 aliphatic carbocycles. The molecule has 0 unspecified atom stereocenters. The van der Waals surface area contributed by atoms with Crippen molar-refractivity contribution in [1.82, 2.24) is 5.32 Å². The molecule has 0 bridgehead atoms. The number of hydrogen-bond donors (Lipinski definition) is 2. The van der Waals surface area contributed by atoms with Gasteiger partial charge in [0.05, 0.1) is 0 Å². The fourth-order valence-corrected chi connectivity index (χ4v) is 3.31. The molecule has 1 aliphatic heterocycles. The fourth-order valence-electron chi connectivity index (χ4n) is 3.31. The van der Waals surface area contributed by atoms with Gasteiger partial charge in [-0.1, -0.05) is 30.3 Å². The molecule has 0 atom stereocenters. The van der Waals surface area contributed by atoms with Crippen LogP contribution in [0.2, 0.25) is 0 Å². The van der Waals surface area contributed by atoms with E-state index in [9.17, 15) is 9.59 Å². The largest absolute Gasteiger partial charge is 0.372 e. The Bertz CT molecular complexity index is 794. The Morgan fingerprint density at radius 3 is 2.21 bits per heavy atom. The molecular weight excluding hydrogens is 350 g/mol. The number of nitrogens with zero attached hydrogens (tertiary/aromatic N) is 1. The van der Waals surface area contributed by atoms with E-state index in [1.54, 1.807) is 13.8 Å². The van der Waals surface area contributed by atoms with Gasteiger partial charge in [0.2, 0.25) is 11.8 Å². The molecule has 0 spiro atoms. The summed E-state index contributed by atoms with van der Waals surface area (Å²) in [6, 6.07) is 17.8. The number of rotatable bonds is 7. The van der Waals surface area contributed by atoms with Gasteiger partial charge in [-0.2, -0.15) is 0 Å². The molecule has 28 heavy (non-hydrogen) atoms. The fraction of sp³-hybridized carbons (Fsp3) is 0.391. The first kappa shape index (κ1) is 19.9. The molecule has 1 heterocycles. The maximum atomic E-state index is 12.7. The second-order valence-electron chi connectivity index (χ2n) is 7.81. The molecule has 3 rings (SSSR count). The Labute approximate surface area is 167 Å². The summed E-state index contributed by atoms with van der Waals surface area (Å²) >= 11 is 0. The minimum atomic E-state index is -1.15. The van der Waals surface area contributed by atoms with Crippen LogP contribution in [0.1, 0.15) is 32.3 Å². The van der Waals surface area contributed by atoms with Gasteiger partial charge in [0.1, 0.15) is 5.41 Å². The molecule has 2 aromatic carbocycles. The molecule has 0 aromatic heterocycles. The number of anilines is 2. The SMILES string of the molecule is CC(C)(C(=O)NCCc1ccccc1)C(=O)Nc1ccc(N2CCCC2)cc1. The van der Waals surface area contributed by atoms with Crippen LogP contribution in [0.25, 0.3) is 0 Å². The van der Waals surface area contributed by atoms with Crippen molar-refractivity contribution in [2.24, 2.45) is 5.41 Å². The Kier molecular flexibility index (Phi) is 6.34. The molecule has 0 radical (unpaired) electrons. The lowest BCUT2D eigenvalue weighted by molar-refractivity contribution is -0.138. The Balaban J connectivity index is 1.52. The van der Waals surface area contributed by atoms with Crippen LogP contribution >= 0.6 is 0 Å². The zero-order valence-electron chi connectivity index (χ0n) is 16.7. The van der Waals surface area contributed by atoms with E-state index in [4.69, 9.17) is 0 Å². The highest BCUT2D eigenvalue weighted by atomic mass is 16.2. The molecule has 2 aromatic rings. The van der Waals surface area contributed by atoms with Crippen LogP contribution in [-0.2, 0) is 16.0 Å². The van der Waals surface area contributed by atoms with Crippen LogP contribution in [0.4, 0.5) is 11.4 Å². The molecular formula is C23H29N3O2. The number of amides is 2. The Hall–Kier alpha value is -2.82. The molecule has 148 valence electrons. The zero-order valence-corrected chi connectivity index (χ0v) is 16.7. The van der Waals surface area contributed by atoms with Crippen molar-refractivity contribution in [3.05, 3.63) is 60.2 Å². The van der Waals surface area contributed by atoms with E-state index in [-0.39, 0.29) is 11.8 Å². The molecule has 5 heteroatoms. The molecule has 2 N–H and O–H groups in total. The van der Waals surface area contributed by atoms with Crippen molar-refractivity contribution in [1.29, 1.82) is 0 Å². The molecule has 0 saturated carbocycles. The number of carbonyl (C=O) groups is 2. The number of hydrogen-bond acceptors (Lipinski definition) is 3. The standard InChI is InChI=1S/C23H29N3O2/c1-23(2,21(27)24-15-14-18-8-4-3-5-9-18)22(28)25-19-10-12-20(13-11-19)26-16-6-7-17-26/h3-5,8-13H,6-7,14-17H2,1-2H3,(H,24,27)(H,25,28). The van der Waals surface area contributed by atoms with Crippen LogP contribution in [0.5, 0.6) is 0 Å². The third-order valence-electron chi connectivity index (χ3n) is 5.27. The summed E-state index contributed by atoms with van der Waals surface area (Å²) in [6.07, 6.45) is 3.19. The van der Waals surface area contributed by atoms with Crippen molar-refractivity contribution in [2.45, 2.75) is 33.1 Å². The lowest BCUT2D eigenvalue weighted by Gasteiger charge is -2.23. The normalized spacial score (nSPS) is 14.0. The smallest absolute Gasteiger partial charge is 0.239 e. The van der Waals surface area contributed by atoms with Gasteiger partial charge in [0.25, 0.3) is 0 Å². The van der Waals surface area contributed by atoms with Crippen molar-refractivity contribution in [3.63, 3.8) is 0 Å². The zero-order chi connectivity index (χ0) is 20.0. The first-order chi connectivity index (χ1) is 13.5. The number of carbonyl (C=O) groups excluding carboxylic acids is 2. The average molecular weight is 380 g/mol. The molecule has 2 amide bonds. The second-order valence-corrected chi connectivity index (χ2v) is 7.81. The van der Waals surface area contributed by atoms with E-state index in [1.807, 2.05) is 54.6 Å². The van der Waals surface area contributed by atoms with Gasteiger partial charge in [-0.15, -0.1) is 0 Å². The van der Waals surface area contributed by atoms with E-state index < -0.39 is 5.41 Å². The van der Waals surface area contributed by atoms with Crippen molar-refractivity contribution < 1.29 is 9.59 Å². The van der Waals surface area contributed by atoms with Gasteiger partial charge in [0, 0.05) is 31.0 Å². The number of benzene rings is 2. The Morgan fingerprint density at radius 1 is 0.929 bits per heavy atom. The maximum absolute atomic E-state index is 12.7. The van der Waals surface area contributed by atoms with Crippen LogP contribution in [-0.4, -0.2) is 31.4 Å². The predicted octanol–water partition coefficient (Wildman–Crippen LogP) is 3.61. The summed E-state index contributed by atoms with van der Waals surface area (Å²) in [6.45, 7) is 5.98. The van der Waals surface area contributed by atoms with Gasteiger partial charge >= 0.3 is 0 Å². The summed E-state index contributed by atoms with van der Waals surface area (Å²) in [5.74, 6) is -0.576. The Morgan fingerprint density at radius 2 is 1.57 bits per heavy atom. The lowest BCUT2D eigenvalue weighted by Crippen LogP contribution is -2.45. The maximum Gasteiger partial charge on any atom is 0.239 e. The van der Waals surface area contributed by atoms with E-state index >= 15 is 0 Å². The molecule has 1 fully saturated rings. The molecule has 1 aliphatic rings. The predicted molar refractivity (Wildman–Crippen MR) is 113 cm³/mol. The van der Waals surface area contributed by atoms with E-state index in [2.05, 4.69) is 15.5 Å². The topological polar surface area (TPSA) is 61.4 Å². The average Bonchev–Trinajstić information content (AvgIpc) is 3.24. The highest BCUT2D eigenvalue weighted by Crippen LogP contribution is 2.24. The van der Waals surface area contributed by atoms with Crippen LogP contribution in [0, 0.1) is 5.41 Å². The summed E-state index contributed by atoms with van der Waals surface area (Å²) in [5.41, 5.74) is 1.89. The summed E-state index contributed by atoms with van der Waals surface area (Å²) in [4.78, 5) is 27.5. The van der Waals surface area contributed by atoms with Gasteiger partial charge < -0.3 is 15.5 Å². The molecule has 5 nitrogen and oxygen atoms in total. The van der Waals surface area contributed by atoms with Gasteiger partial charge in [-0.05, 0) is 62.9 Å². The van der Waals surface area contributed by atoms with E-state index in [0.29, 0.717) is 12.2 Å². The minimum Gasteiger partial charge on any atom is -0.372 e. The van der Waals surface area contributed by atoms with Crippen LogP contribution < -0.4 is 15.5 Å². The highest BCUT2D eigenvalue weighted by Gasteiger charge is 2.35. The summed E-state index contributed by atoms with van der Waals surface area (Å²) < 4.78 is 0. The first-order valence-corrected chi connectivity index (χ1v) is 9.95.